The number of rotatable bonds is 11. The zero-order chi connectivity index (χ0) is 14.8. The molecule has 1 saturated heterocycles. The molecule has 1 unspecified atom stereocenters. The molecular formula is C14H26O5Si. The predicted molar refractivity (Wildman–Crippen MR) is 78.1 cm³/mol. The van der Waals surface area contributed by atoms with Crippen LogP contribution < -0.4 is 0 Å². The lowest BCUT2D eigenvalue weighted by Crippen LogP contribution is -2.25. The first-order valence-corrected chi connectivity index (χ1v) is 9.46. The van der Waals surface area contributed by atoms with Crippen molar-refractivity contribution in [3.8, 4) is 0 Å². The van der Waals surface area contributed by atoms with Crippen LogP contribution in [0.25, 0.3) is 0 Å². The standard InChI is InChI=1S/C14H26O5Si/c1-3-7-17-14(18-8-4-2)20-9-5-6-11-10-12(15)19-13(11)16/h11,14H,3-10,20H2,1-2H3. The average Bonchev–Trinajstić information content (AvgIpc) is 2.75. The van der Waals surface area contributed by atoms with E-state index in [0.29, 0.717) is 0 Å². The summed E-state index contributed by atoms with van der Waals surface area (Å²) >= 11 is 0. The molecule has 0 N–H and O–H groups in total. The van der Waals surface area contributed by atoms with Crippen LogP contribution in [0.15, 0.2) is 0 Å². The fourth-order valence-corrected chi connectivity index (χ4v) is 3.73. The highest BCUT2D eigenvalue weighted by atomic mass is 28.2. The summed E-state index contributed by atoms with van der Waals surface area (Å²) in [4.78, 5) is 22.3. The summed E-state index contributed by atoms with van der Waals surface area (Å²) in [6.45, 7) is 5.65. The van der Waals surface area contributed by atoms with Crippen molar-refractivity contribution in [2.75, 3.05) is 13.2 Å². The summed E-state index contributed by atoms with van der Waals surface area (Å²) in [7, 11) is -0.465. The smallest absolute Gasteiger partial charge is 0.317 e. The Morgan fingerprint density at radius 3 is 2.40 bits per heavy atom. The number of hydrogen-bond acceptors (Lipinski definition) is 5. The fraction of sp³-hybridized carbons (Fsp3) is 0.857. The Hall–Kier alpha value is -0.723. The third kappa shape index (κ3) is 6.63. The normalized spacial score (nSPS) is 19.4. The van der Waals surface area contributed by atoms with Gasteiger partial charge in [-0.2, -0.15) is 0 Å². The van der Waals surface area contributed by atoms with Crippen LogP contribution in [0.4, 0.5) is 0 Å². The van der Waals surface area contributed by atoms with E-state index in [1.54, 1.807) is 0 Å². The van der Waals surface area contributed by atoms with Crippen molar-refractivity contribution >= 4 is 21.5 Å². The average molecular weight is 302 g/mol. The van der Waals surface area contributed by atoms with E-state index in [9.17, 15) is 9.59 Å². The van der Waals surface area contributed by atoms with Gasteiger partial charge >= 0.3 is 11.9 Å². The first-order valence-electron chi connectivity index (χ1n) is 7.65. The van der Waals surface area contributed by atoms with Crippen molar-refractivity contribution in [2.45, 2.75) is 57.9 Å². The number of carbonyl (C=O) groups is 2. The Morgan fingerprint density at radius 1 is 1.25 bits per heavy atom. The molecule has 1 fully saturated rings. The van der Waals surface area contributed by atoms with Crippen molar-refractivity contribution in [3.63, 3.8) is 0 Å². The van der Waals surface area contributed by atoms with E-state index in [1.165, 1.54) is 0 Å². The quantitative estimate of drug-likeness (QED) is 0.191. The fourth-order valence-electron chi connectivity index (χ4n) is 2.16. The Morgan fingerprint density at radius 2 is 1.90 bits per heavy atom. The molecule has 0 aromatic heterocycles. The number of ether oxygens (including phenoxy) is 3. The highest BCUT2D eigenvalue weighted by Gasteiger charge is 2.32. The molecule has 1 heterocycles. The SMILES string of the molecule is CCCOC(OCCC)[SiH2]CCCC1CC(=O)OC1=O. The third-order valence-electron chi connectivity index (χ3n) is 3.22. The summed E-state index contributed by atoms with van der Waals surface area (Å²) < 4.78 is 15.9. The van der Waals surface area contributed by atoms with Crippen LogP contribution in [-0.4, -0.2) is 40.6 Å². The van der Waals surface area contributed by atoms with Gasteiger partial charge in [0.2, 0.25) is 0 Å². The lowest BCUT2D eigenvalue weighted by atomic mass is 10.0. The van der Waals surface area contributed by atoms with E-state index < -0.39 is 9.52 Å². The van der Waals surface area contributed by atoms with Gasteiger partial charge in [0.05, 0.1) is 21.9 Å². The lowest BCUT2D eigenvalue weighted by Gasteiger charge is -2.18. The zero-order valence-electron chi connectivity index (χ0n) is 12.6. The second kappa shape index (κ2) is 10.1. The molecule has 0 saturated carbocycles. The van der Waals surface area contributed by atoms with E-state index >= 15 is 0 Å². The van der Waals surface area contributed by atoms with Gasteiger partial charge in [-0.05, 0) is 19.3 Å². The maximum atomic E-state index is 11.3. The largest absolute Gasteiger partial charge is 0.393 e. The molecule has 0 amide bonds. The number of carbonyl (C=O) groups excluding carboxylic acids is 2. The summed E-state index contributed by atoms with van der Waals surface area (Å²) in [5.74, 6) is -0.958. The topological polar surface area (TPSA) is 61.8 Å². The number of hydrogen-bond donors (Lipinski definition) is 0. The van der Waals surface area contributed by atoms with Crippen LogP contribution in [0.2, 0.25) is 6.04 Å². The highest BCUT2D eigenvalue weighted by Crippen LogP contribution is 2.21. The minimum Gasteiger partial charge on any atom is -0.393 e. The van der Waals surface area contributed by atoms with Gasteiger partial charge in [-0.15, -0.1) is 0 Å². The Kier molecular flexibility index (Phi) is 8.72. The molecular weight excluding hydrogens is 276 g/mol. The molecule has 0 spiro atoms. The van der Waals surface area contributed by atoms with Gasteiger partial charge in [0.25, 0.3) is 0 Å². The molecule has 0 aromatic carbocycles. The minimum absolute atomic E-state index is 0.00735. The van der Waals surface area contributed by atoms with Gasteiger partial charge < -0.3 is 14.2 Å². The molecule has 0 bridgehead atoms. The molecule has 1 rings (SSSR count). The van der Waals surface area contributed by atoms with Crippen LogP contribution in [-0.2, 0) is 23.8 Å². The van der Waals surface area contributed by atoms with E-state index in [-0.39, 0.29) is 30.2 Å². The maximum absolute atomic E-state index is 11.3. The minimum atomic E-state index is -0.465. The van der Waals surface area contributed by atoms with Crippen LogP contribution in [0.3, 0.4) is 0 Å². The molecule has 6 heteroatoms. The molecule has 116 valence electrons. The van der Waals surface area contributed by atoms with Gasteiger partial charge in [0, 0.05) is 13.2 Å². The van der Waals surface area contributed by atoms with E-state index in [2.05, 4.69) is 18.6 Å². The van der Waals surface area contributed by atoms with Gasteiger partial charge in [0.15, 0.2) is 0 Å². The van der Waals surface area contributed by atoms with Crippen LogP contribution >= 0.6 is 0 Å². The van der Waals surface area contributed by atoms with Crippen LogP contribution in [0, 0.1) is 5.92 Å². The summed E-state index contributed by atoms with van der Waals surface area (Å²) in [5, 5.41) is 0. The molecule has 1 atom stereocenters. The second-order valence-corrected chi connectivity index (χ2v) is 7.10. The Bertz CT molecular complexity index is 300. The molecule has 1 aliphatic heterocycles. The number of esters is 2. The molecule has 0 aliphatic carbocycles. The summed E-state index contributed by atoms with van der Waals surface area (Å²) in [5.41, 5.74) is 0. The summed E-state index contributed by atoms with van der Waals surface area (Å²) in [6, 6.07) is 1.07. The lowest BCUT2D eigenvalue weighted by molar-refractivity contribution is -0.153. The van der Waals surface area contributed by atoms with Crippen molar-refractivity contribution in [1.82, 2.24) is 0 Å². The van der Waals surface area contributed by atoms with Crippen molar-refractivity contribution in [2.24, 2.45) is 5.92 Å². The summed E-state index contributed by atoms with van der Waals surface area (Å²) in [6.07, 6.45) is 3.93. The van der Waals surface area contributed by atoms with Gasteiger partial charge in [-0.1, -0.05) is 26.3 Å². The maximum Gasteiger partial charge on any atom is 0.317 e. The predicted octanol–water partition coefficient (Wildman–Crippen LogP) is 1.58. The molecule has 0 radical (unpaired) electrons. The molecule has 1 aliphatic rings. The van der Waals surface area contributed by atoms with E-state index in [1.807, 2.05) is 0 Å². The van der Waals surface area contributed by atoms with E-state index in [0.717, 1.165) is 44.9 Å². The highest BCUT2D eigenvalue weighted by molar-refractivity contribution is 6.36. The van der Waals surface area contributed by atoms with Crippen LogP contribution in [0.5, 0.6) is 0 Å². The second-order valence-electron chi connectivity index (χ2n) is 5.15. The Balaban J connectivity index is 2.15. The monoisotopic (exact) mass is 302 g/mol. The van der Waals surface area contributed by atoms with E-state index in [4.69, 9.17) is 9.47 Å². The third-order valence-corrected chi connectivity index (χ3v) is 5.07. The van der Waals surface area contributed by atoms with Crippen molar-refractivity contribution in [3.05, 3.63) is 0 Å². The zero-order valence-corrected chi connectivity index (χ0v) is 14.0. The molecule has 5 nitrogen and oxygen atoms in total. The first kappa shape index (κ1) is 17.3. The molecule has 20 heavy (non-hydrogen) atoms. The number of cyclic esters (lactones) is 2. The van der Waals surface area contributed by atoms with Crippen LogP contribution in [0.1, 0.15) is 46.0 Å². The van der Waals surface area contributed by atoms with Crippen molar-refractivity contribution in [1.29, 1.82) is 0 Å². The van der Waals surface area contributed by atoms with Gasteiger partial charge in [-0.3, -0.25) is 9.59 Å². The Labute approximate surface area is 123 Å². The van der Waals surface area contributed by atoms with Gasteiger partial charge in [-0.25, -0.2) is 0 Å². The van der Waals surface area contributed by atoms with Crippen molar-refractivity contribution < 1.29 is 23.8 Å². The molecule has 0 aromatic rings. The first-order chi connectivity index (χ1) is 9.67. The van der Waals surface area contributed by atoms with Gasteiger partial charge in [0.1, 0.15) is 5.91 Å².